The summed E-state index contributed by atoms with van der Waals surface area (Å²) in [6.45, 7) is 2.00. The highest BCUT2D eigenvalue weighted by molar-refractivity contribution is 5.98. The molecular weight excluding hydrogens is 378 g/mol. The SMILES string of the molecule is c1ccc2c(-c3ccc4c(c3)CCO4)ccc(CCCCCNC3CCCCC3)c2c1. The first-order chi connectivity index (χ1) is 15.4. The van der Waals surface area contributed by atoms with E-state index < -0.39 is 0 Å². The van der Waals surface area contributed by atoms with Crippen molar-refractivity contribution in [3.05, 3.63) is 65.7 Å². The summed E-state index contributed by atoms with van der Waals surface area (Å²) < 4.78 is 5.70. The van der Waals surface area contributed by atoms with Gasteiger partial charge in [-0.3, -0.25) is 0 Å². The minimum atomic E-state index is 0.788. The summed E-state index contributed by atoms with van der Waals surface area (Å²) in [6, 6.07) is 21.1. The molecule has 0 atom stereocenters. The Morgan fingerprint density at radius 3 is 2.61 bits per heavy atom. The van der Waals surface area contributed by atoms with Crippen molar-refractivity contribution in [2.45, 2.75) is 70.3 Å². The third kappa shape index (κ3) is 4.80. The molecule has 5 rings (SSSR count). The van der Waals surface area contributed by atoms with Crippen LogP contribution in [-0.2, 0) is 12.8 Å². The fraction of sp³-hybridized carbons (Fsp3) is 0.448. The number of unbranched alkanes of at least 4 members (excludes halogenated alkanes) is 2. The molecule has 1 fully saturated rings. The van der Waals surface area contributed by atoms with Crippen LogP contribution in [0.2, 0.25) is 0 Å². The van der Waals surface area contributed by atoms with Crippen molar-refractivity contribution in [3.63, 3.8) is 0 Å². The number of fused-ring (bicyclic) bond motifs is 2. The van der Waals surface area contributed by atoms with Gasteiger partial charge >= 0.3 is 0 Å². The van der Waals surface area contributed by atoms with E-state index in [9.17, 15) is 0 Å². The van der Waals surface area contributed by atoms with E-state index >= 15 is 0 Å². The van der Waals surface area contributed by atoms with Crippen molar-refractivity contribution >= 4 is 10.8 Å². The van der Waals surface area contributed by atoms with Crippen LogP contribution in [0.3, 0.4) is 0 Å². The molecule has 0 unspecified atom stereocenters. The van der Waals surface area contributed by atoms with Crippen LogP contribution in [0.4, 0.5) is 0 Å². The van der Waals surface area contributed by atoms with Crippen LogP contribution in [0, 0.1) is 0 Å². The van der Waals surface area contributed by atoms with Crippen LogP contribution in [0.5, 0.6) is 5.75 Å². The largest absolute Gasteiger partial charge is 0.493 e. The van der Waals surface area contributed by atoms with Gasteiger partial charge in [0, 0.05) is 12.5 Å². The molecule has 0 radical (unpaired) electrons. The van der Waals surface area contributed by atoms with Gasteiger partial charge < -0.3 is 10.1 Å². The van der Waals surface area contributed by atoms with Crippen LogP contribution in [0.25, 0.3) is 21.9 Å². The molecule has 1 N–H and O–H groups in total. The zero-order valence-electron chi connectivity index (χ0n) is 18.7. The van der Waals surface area contributed by atoms with E-state index in [1.807, 2.05) is 0 Å². The molecule has 3 aromatic rings. The summed E-state index contributed by atoms with van der Waals surface area (Å²) in [7, 11) is 0. The molecule has 1 heterocycles. The van der Waals surface area contributed by atoms with Crippen molar-refractivity contribution in [1.82, 2.24) is 5.32 Å². The Morgan fingerprint density at radius 2 is 1.71 bits per heavy atom. The predicted octanol–water partition coefficient (Wildman–Crippen LogP) is 7.08. The fourth-order valence-electron chi connectivity index (χ4n) is 5.42. The number of ether oxygens (including phenoxy) is 1. The van der Waals surface area contributed by atoms with Crippen LogP contribution in [0.15, 0.2) is 54.6 Å². The van der Waals surface area contributed by atoms with Crippen molar-refractivity contribution in [1.29, 1.82) is 0 Å². The average Bonchev–Trinajstić information content (AvgIpc) is 3.30. The molecule has 0 spiro atoms. The highest BCUT2D eigenvalue weighted by atomic mass is 16.5. The molecule has 1 aliphatic carbocycles. The predicted molar refractivity (Wildman–Crippen MR) is 131 cm³/mol. The second kappa shape index (κ2) is 9.87. The molecule has 0 aromatic heterocycles. The van der Waals surface area contributed by atoms with Gasteiger partial charge in [0.1, 0.15) is 5.75 Å². The first kappa shape index (κ1) is 20.6. The Kier molecular flexibility index (Phi) is 6.55. The Morgan fingerprint density at radius 1 is 0.839 bits per heavy atom. The van der Waals surface area contributed by atoms with Gasteiger partial charge in [-0.25, -0.2) is 0 Å². The Labute approximate surface area is 187 Å². The zero-order valence-corrected chi connectivity index (χ0v) is 18.7. The molecule has 0 amide bonds. The quantitative estimate of drug-likeness (QED) is 0.399. The van der Waals surface area contributed by atoms with Gasteiger partial charge in [-0.1, -0.05) is 68.1 Å². The lowest BCUT2D eigenvalue weighted by Gasteiger charge is -2.22. The van der Waals surface area contributed by atoms with Crippen molar-refractivity contribution in [2.75, 3.05) is 13.2 Å². The summed E-state index contributed by atoms with van der Waals surface area (Å²) >= 11 is 0. The van der Waals surface area contributed by atoms with Crippen molar-refractivity contribution in [3.8, 4) is 16.9 Å². The summed E-state index contributed by atoms with van der Waals surface area (Å²) in [5, 5.41) is 6.57. The summed E-state index contributed by atoms with van der Waals surface area (Å²) in [6.07, 6.45) is 13.1. The van der Waals surface area contributed by atoms with E-state index in [2.05, 4.69) is 59.9 Å². The van der Waals surface area contributed by atoms with Gasteiger partial charge in [0.2, 0.25) is 0 Å². The second-order valence-electron chi connectivity index (χ2n) is 9.34. The number of hydrogen-bond acceptors (Lipinski definition) is 2. The van der Waals surface area contributed by atoms with Crippen LogP contribution in [0.1, 0.15) is 62.5 Å². The van der Waals surface area contributed by atoms with Gasteiger partial charge in [-0.15, -0.1) is 0 Å². The highest BCUT2D eigenvalue weighted by Gasteiger charge is 2.15. The van der Waals surface area contributed by atoms with Gasteiger partial charge in [-0.05, 0) is 83.8 Å². The lowest BCUT2D eigenvalue weighted by molar-refractivity contribution is 0.357. The first-order valence-electron chi connectivity index (χ1n) is 12.4. The lowest BCUT2D eigenvalue weighted by atomic mass is 9.92. The molecule has 0 bridgehead atoms. The van der Waals surface area contributed by atoms with Crippen LogP contribution < -0.4 is 10.1 Å². The topological polar surface area (TPSA) is 21.3 Å². The maximum Gasteiger partial charge on any atom is 0.122 e. The van der Waals surface area contributed by atoms with E-state index in [1.165, 1.54) is 97.4 Å². The van der Waals surface area contributed by atoms with Crippen molar-refractivity contribution < 1.29 is 4.74 Å². The first-order valence-corrected chi connectivity index (χ1v) is 12.4. The highest BCUT2D eigenvalue weighted by Crippen LogP contribution is 2.35. The van der Waals surface area contributed by atoms with Gasteiger partial charge in [0.25, 0.3) is 0 Å². The molecule has 162 valence electrons. The summed E-state index contributed by atoms with van der Waals surface area (Å²) in [4.78, 5) is 0. The molecular formula is C29H35NO. The number of hydrogen-bond donors (Lipinski definition) is 1. The third-order valence-electron chi connectivity index (χ3n) is 7.18. The van der Waals surface area contributed by atoms with E-state index in [1.54, 1.807) is 0 Å². The number of rotatable bonds is 8. The van der Waals surface area contributed by atoms with Gasteiger partial charge in [0.15, 0.2) is 0 Å². The van der Waals surface area contributed by atoms with Crippen LogP contribution >= 0.6 is 0 Å². The fourth-order valence-corrected chi connectivity index (χ4v) is 5.42. The lowest BCUT2D eigenvalue weighted by Crippen LogP contribution is -2.31. The smallest absolute Gasteiger partial charge is 0.122 e. The van der Waals surface area contributed by atoms with E-state index in [0.29, 0.717) is 0 Å². The molecule has 1 aliphatic heterocycles. The summed E-state index contributed by atoms with van der Waals surface area (Å²) in [5.74, 6) is 1.06. The average molecular weight is 414 g/mol. The normalized spacial score (nSPS) is 16.4. The molecule has 0 saturated heterocycles. The van der Waals surface area contributed by atoms with Gasteiger partial charge in [0.05, 0.1) is 6.61 Å². The molecule has 1 saturated carbocycles. The van der Waals surface area contributed by atoms with Crippen molar-refractivity contribution in [2.24, 2.45) is 0 Å². The van der Waals surface area contributed by atoms with E-state index in [0.717, 1.165) is 24.8 Å². The number of nitrogens with one attached hydrogen (secondary N) is 1. The van der Waals surface area contributed by atoms with Gasteiger partial charge in [-0.2, -0.15) is 0 Å². The Balaban J connectivity index is 1.23. The Hall–Kier alpha value is -2.32. The zero-order chi connectivity index (χ0) is 20.9. The summed E-state index contributed by atoms with van der Waals surface area (Å²) in [5.41, 5.74) is 5.48. The minimum absolute atomic E-state index is 0.788. The van der Waals surface area contributed by atoms with Crippen LogP contribution in [-0.4, -0.2) is 19.2 Å². The molecule has 2 aliphatic rings. The molecule has 2 nitrogen and oxygen atoms in total. The maximum absolute atomic E-state index is 5.70. The van der Waals surface area contributed by atoms with E-state index in [-0.39, 0.29) is 0 Å². The number of benzene rings is 3. The minimum Gasteiger partial charge on any atom is -0.493 e. The standard InChI is InChI=1S/C29H35NO/c1-4-10-25(11-5-1)30-19-8-2-3-9-22-14-16-27(28-13-7-6-12-26(22)28)23-15-17-29-24(21-23)18-20-31-29/h6-7,12-17,21,25,30H,1-5,8-11,18-20H2. The van der Waals surface area contributed by atoms with E-state index in [4.69, 9.17) is 4.74 Å². The number of aryl methyl sites for hydroxylation is 1. The Bertz CT molecular complexity index is 1020. The second-order valence-corrected chi connectivity index (χ2v) is 9.34. The molecule has 2 heteroatoms. The monoisotopic (exact) mass is 413 g/mol. The molecule has 31 heavy (non-hydrogen) atoms. The molecule has 3 aromatic carbocycles. The maximum atomic E-state index is 5.70. The third-order valence-corrected chi connectivity index (χ3v) is 7.18.